The van der Waals surface area contributed by atoms with Crippen LogP contribution in [0.4, 0.5) is 4.39 Å². The summed E-state index contributed by atoms with van der Waals surface area (Å²) in [4.78, 5) is 5.62. The first-order chi connectivity index (χ1) is 10.9. The Morgan fingerprint density at radius 3 is 2.57 bits per heavy atom. The number of aromatic nitrogens is 2. The lowest BCUT2D eigenvalue weighted by Gasteiger charge is -1.98. The van der Waals surface area contributed by atoms with Gasteiger partial charge in [0.25, 0.3) is 0 Å². The number of sulfone groups is 1. The quantitative estimate of drug-likeness (QED) is 0.555. The van der Waals surface area contributed by atoms with E-state index in [1.165, 1.54) is 29.7 Å². The zero-order chi connectivity index (χ0) is 16.2. The molecule has 2 heterocycles. The average molecular weight is 346 g/mol. The molecule has 7 heteroatoms. The van der Waals surface area contributed by atoms with Gasteiger partial charge in [0.2, 0.25) is 0 Å². The van der Waals surface area contributed by atoms with Crippen molar-refractivity contribution in [1.29, 1.82) is 0 Å². The lowest BCUT2D eigenvalue weighted by Crippen LogP contribution is -1.96. The number of hydrogen-bond donors (Lipinski definition) is 0. The van der Waals surface area contributed by atoms with Gasteiger partial charge in [-0.2, -0.15) is 0 Å². The Morgan fingerprint density at radius 2 is 1.87 bits per heavy atom. The van der Waals surface area contributed by atoms with Crippen LogP contribution in [0, 0.1) is 5.82 Å². The van der Waals surface area contributed by atoms with Gasteiger partial charge in [-0.3, -0.25) is 4.40 Å². The molecule has 4 rings (SSSR count). The SMILES string of the molecule is CS(=O)(=O)c1ccc2c(c1)sc1nc(-c3ccc(F)cc3)cn12. The number of rotatable bonds is 2. The molecule has 0 unspecified atom stereocenters. The van der Waals surface area contributed by atoms with Crippen molar-refractivity contribution < 1.29 is 12.8 Å². The lowest BCUT2D eigenvalue weighted by molar-refractivity contribution is 0.602. The standard InChI is InChI=1S/C16H11FN2O2S2/c1-23(20,21)12-6-7-14-15(8-12)22-16-18-13(9-19(14)16)10-2-4-11(17)5-3-10/h2-9H,1H3. The molecule has 0 N–H and O–H groups in total. The largest absolute Gasteiger partial charge is 0.290 e. The maximum absolute atomic E-state index is 13.0. The van der Waals surface area contributed by atoms with Crippen LogP contribution in [-0.4, -0.2) is 24.1 Å². The van der Waals surface area contributed by atoms with E-state index in [4.69, 9.17) is 0 Å². The molecule has 0 aliphatic heterocycles. The molecule has 2 aromatic heterocycles. The first kappa shape index (κ1) is 14.3. The van der Waals surface area contributed by atoms with Crippen LogP contribution in [0.25, 0.3) is 26.4 Å². The summed E-state index contributed by atoms with van der Waals surface area (Å²) >= 11 is 1.42. The molecular formula is C16H11FN2O2S2. The molecule has 0 bridgehead atoms. The number of fused-ring (bicyclic) bond motifs is 3. The molecule has 0 radical (unpaired) electrons. The van der Waals surface area contributed by atoms with Gasteiger partial charge in [0.1, 0.15) is 5.82 Å². The van der Waals surface area contributed by atoms with Crippen LogP contribution in [0.3, 0.4) is 0 Å². The number of nitrogens with zero attached hydrogens (tertiary/aromatic N) is 2. The molecule has 0 spiro atoms. The van der Waals surface area contributed by atoms with Crippen LogP contribution in [0.5, 0.6) is 0 Å². The van der Waals surface area contributed by atoms with E-state index < -0.39 is 9.84 Å². The van der Waals surface area contributed by atoms with Gasteiger partial charge in [0.05, 0.1) is 20.8 Å². The Balaban J connectivity index is 1.89. The first-order valence-electron chi connectivity index (χ1n) is 6.79. The second-order valence-corrected chi connectivity index (χ2v) is 8.31. The van der Waals surface area contributed by atoms with Crippen molar-refractivity contribution in [3.05, 3.63) is 54.5 Å². The molecule has 0 aliphatic carbocycles. The van der Waals surface area contributed by atoms with Crippen LogP contribution in [-0.2, 0) is 9.84 Å². The van der Waals surface area contributed by atoms with Crippen molar-refractivity contribution in [3.8, 4) is 11.3 Å². The Bertz CT molecular complexity index is 1140. The Labute approximate surface area is 135 Å². The van der Waals surface area contributed by atoms with Crippen LogP contribution in [0.2, 0.25) is 0 Å². The number of thiazole rings is 1. The minimum atomic E-state index is -3.23. The summed E-state index contributed by atoms with van der Waals surface area (Å²) < 4.78 is 39.1. The van der Waals surface area contributed by atoms with E-state index in [1.807, 2.05) is 10.6 Å². The molecule has 4 aromatic rings. The predicted molar refractivity (Wildman–Crippen MR) is 89.1 cm³/mol. The molecule has 0 aliphatic rings. The van der Waals surface area contributed by atoms with Crippen molar-refractivity contribution in [2.45, 2.75) is 4.90 Å². The highest BCUT2D eigenvalue weighted by Crippen LogP contribution is 2.31. The Hall–Kier alpha value is -2.25. The minimum Gasteiger partial charge on any atom is -0.290 e. The highest BCUT2D eigenvalue weighted by molar-refractivity contribution is 7.90. The van der Waals surface area contributed by atoms with Gasteiger partial charge in [-0.25, -0.2) is 17.8 Å². The normalized spacial score (nSPS) is 12.3. The molecular weight excluding hydrogens is 335 g/mol. The van der Waals surface area contributed by atoms with Crippen LogP contribution >= 0.6 is 11.3 Å². The van der Waals surface area contributed by atoms with Crippen LogP contribution < -0.4 is 0 Å². The number of hydrogen-bond acceptors (Lipinski definition) is 4. The number of halogens is 1. The lowest BCUT2D eigenvalue weighted by atomic mass is 10.2. The summed E-state index contributed by atoms with van der Waals surface area (Å²) in [6.45, 7) is 0. The molecule has 23 heavy (non-hydrogen) atoms. The molecule has 0 saturated heterocycles. The average Bonchev–Trinajstić information content (AvgIpc) is 3.04. The molecule has 0 amide bonds. The van der Waals surface area contributed by atoms with Gasteiger partial charge < -0.3 is 0 Å². The Kier molecular flexibility index (Phi) is 3.04. The van der Waals surface area contributed by atoms with Gasteiger partial charge in [-0.15, -0.1) is 0 Å². The van der Waals surface area contributed by atoms with Gasteiger partial charge >= 0.3 is 0 Å². The molecule has 4 nitrogen and oxygen atoms in total. The highest BCUT2D eigenvalue weighted by Gasteiger charge is 2.13. The highest BCUT2D eigenvalue weighted by atomic mass is 32.2. The van der Waals surface area contributed by atoms with Gasteiger partial charge in [-0.1, -0.05) is 11.3 Å². The van der Waals surface area contributed by atoms with E-state index in [2.05, 4.69) is 4.98 Å². The third kappa shape index (κ3) is 2.42. The second-order valence-electron chi connectivity index (χ2n) is 5.29. The summed E-state index contributed by atoms with van der Waals surface area (Å²) in [5.74, 6) is -0.284. The second kappa shape index (κ2) is 4.87. The topological polar surface area (TPSA) is 51.4 Å². The minimum absolute atomic E-state index is 0.284. The molecule has 0 saturated carbocycles. The maximum atomic E-state index is 13.0. The predicted octanol–water partition coefficient (Wildman–Crippen LogP) is 3.76. The van der Waals surface area contributed by atoms with Crippen LogP contribution in [0.1, 0.15) is 0 Å². The zero-order valence-corrected chi connectivity index (χ0v) is 13.7. The van der Waals surface area contributed by atoms with Gasteiger partial charge in [-0.05, 0) is 42.5 Å². The van der Waals surface area contributed by atoms with Crippen LogP contribution in [0.15, 0.2) is 53.6 Å². The molecule has 0 atom stereocenters. The Morgan fingerprint density at radius 1 is 1.13 bits per heavy atom. The first-order valence-corrected chi connectivity index (χ1v) is 9.50. The van der Waals surface area contributed by atoms with E-state index in [-0.39, 0.29) is 5.82 Å². The van der Waals surface area contributed by atoms with Gasteiger partial charge in [0.15, 0.2) is 14.8 Å². The van der Waals surface area contributed by atoms with E-state index >= 15 is 0 Å². The molecule has 0 fully saturated rings. The van der Waals surface area contributed by atoms with Gasteiger partial charge in [0, 0.05) is 18.0 Å². The zero-order valence-electron chi connectivity index (χ0n) is 12.0. The fourth-order valence-corrected chi connectivity index (χ4v) is 4.24. The number of imidazole rings is 1. The van der Waals surface area contributed by atoms with Crippen molar-refractivity contribution in [2.24, 2.45) is 0 Å². The smallest absolute Gasteiger partial charge is 0.195 e. The number of benzene rings is 2. The molecule has 2 aromatic carbocycles. The summed E-state index contributed by atoms with van der Waals surface area (Å²) in [5.41, 5.74) is 2.49. The van der Waals surface area contributed by atoms with Crippen molar-refractivity contribution in [2.75, 3.05) is 6.26 Å². The van der Waals surface area contributed by atoms with E-state index in [0.29, 0.717) is 4.90 Å². The molecule has 116 valence electrons. The van der Waals surface area contributed by atoms with E-state index in [9.17, 15) is 12.8 Å². The van der Waals surface area contributed by atoms with Crippen molar-refractivity contribution >= 4 is 36.4 Å². The third-order valence-electron chi connectivity index (χ3n) is 3.63. The summed E-state index contributed by atoms with van der Waals surface area (Å²) in [6, 6.07) is 11.2. The maximum Gasteiger partial charge on any atom is 0.195 e. The summed E-state index contributed by atoms with van der Waals surface area (Å²) in [7, 11) is -3.23. The fourth-order valence-electron chi connectivity index (χ4n) is 2.47. The van der Waals surface area contributed by atoms with Crippen molar-refractivity contribution in [1.82, 2.24) is 9.38 Å². The fraction of sp³-hybridized carbons (Fsp3) is 0.0625. The summed E-state index contributed by atoms with van der Waals surface area (Å²) in [5, 5.41) is 0. The summed E-state index contributed by atoms with van der Waals surface area (Å²) in [6.07, 6.45) is 3.07. The third-order valence-corrected chi connectivity index (χ3v) is 5.76. The monoisotopic (exact) mass is 346 g/mol. The van der Waals surface area contributed by atoms with Crippen molar-refractivity contribution in [3.63, 3.8) is 0 Å². The van der Waals surface area contributed by atoms with E-state index in [0.717, 1.165) is 26.4 Å². The van der Waals surface area contributed by atoms with E-state index in [1.54, 1.807) is 30.3 Å².